The number of hydrogen-bond donors (Lipinski definition) is 2. The van der Waals surface area contributed by atoms with Crippen LogP contribution in [0.3, 0.4) is 0 Å². The molecule has 1 aliphatic rings. The molecule has 3 aromatic carbocycles. The molecule has 1 fully saturated rings. The lowest BCUT2D eigenvalue weighted by Gasteiger charge is -2.10. The molecule has 1 saturated carbocycles. The van der Waals surface area contributed by atoms with Crippen LogP contribution in [-0.2, 0) is 4.79 Å². The fraction of sp³-hybridized carbons (Fsp3) is 0.160. The van der Waals surface area contributed by atoms with Crippen molar-refractivity contribution in [3.63, 3.8) is 0 Å². The Morgan fingerprint density at radius 1 is 0.968 bits per heavy atom. The molecule has 2 N–H and O–H groups in total. The monoisotopic (exact) mass is 411 g/mol. The zero-order valence-corrected chi connectivity index (χ0v) is 16.8. The third-order valence-corrected chi connectivity index (χ3v) is 4.89. The van der Waals surface area contributed by atoms with E-state index in [1.54, 1.807) is 48.5 Å². The summed E-state index contributed by atoms with van der Waals surface area (Å²) in [5, 5.41) is 14.6. The zero-order valence-electron chi connectivity index (χ0n) is 16.8. The van der Waals surface area contributed by atoms with Crippen molar-refractivity contribution < 1.29 is 14.3 Å². The summed E-state index contributed by atoms with van der Waals surface area (Å²) in [5.41, 5.74) is 3.66. The van der Waals surface area contributed by atoms with Crippen molar-refractivity contribution in [1.29, 1.82) is 5.26 Å². The highest BCUT2D eigenvalue weighted by Crippen LogP contribution is 2.23. The number of carbonyl (C=O) groups excluding carboxylic acids is 2. The second-order valence-electron chi connectivity index (χ2n) is 7.38. The molecular weight excluding hydrogens is 390 g/mol. The van der Waals surface area contributed by atoms with Crippen molar-refractivity contribution in [2.45, 2.75) is 18.9 Å². The SMILES string of the molecule is N#Cc1ccc(-c2ccc(OCC(=O)Nc3cccc(C(=O)NC4CC4)c3)cc2)cc1. The lowest BCUT2D eigenvalue weighted by Crippen LogP contribution is -2.25. The Morgan fingerprint density at radius 3 is 2.29 bits per heavy atom. The van der Waals surface area contributed by atoms with Gasteiger partial charge in [0.25, 0.3) is 11.8 Å². The summed E-state index contributed by atoms with van der Waals surface area (Å²) in [6, 6.07) is 23.9. The molecule has 6 heteroatoms. The second kappa shape index (κ2) is 9.14. The van der Waals surface area contributed by atoms with E-state index in [9.17, 15) is 9.59 Å². The topological polar surface area (TPSA) is 91.2 Å². The molecule has 0 atom stereocenters. The summed E-state index contributed by atoms with van der Waals surface area (Å²) in [6.07, 6.45) is 2.04. The third-order valence-electron chi connectivity index (χ3n) is 4.89. The quantitative estimate of drug-likeness (QED) is 0.611. The Bertz CT molecular complexity index is 1130. The molecular formula is C25H21N3O3. The van der Waals surface area contributed by atoms with Crippen molar-refractivity contribution >= 4 is 17.5 Å². The molecule has 0 saturated heterocycles. The first kappa shape index (κ1) is 20.2. The van der Waals surface area contributed by atoms with Gasteiger partial charge in [-0.05, 0) is 66.4 Å². The molecule has 1 aliphatic carbocycles. The van der Waals surface area contributed by atoms with E-state index in [0.717, 1.165) is 24.0 Å². The van der Waals surface area contributed by atoms with Crippen LogP contribution in [0.25, 0.3) is 11.1 Å². The first-order chi connectivity index (χ1) is 15.1. The van der Waals surface area contributed by atoms with E-state index in [0.29, 0.717) is 22.6 Å². The normalized spacial score (nSPS) is 12.5. The average Bonchev–Trinajstić information content (AvgIpc) is 3.62. The Labute approximate surface area is 180 Å². The van der Waals surface area contributed by atoms with Crippen LogP contribution in [0.5, 0.6) is 5.75 Å². The maximum absolute atomic E-state index is 12.2. The zero-order chi connectivity index (χ0) is 21.6. The van der Waals surface area contributed by atoms with Crippen LogP contribution in [0, 0.1) is 11.3 Å². The van der Waals surface area contributed by atoms with E-state index in [2.05, 4.69) is 16.7 Å². The van der Waals surface area contributed by atoms with Gasteiger partial charge in [-0.2, -0.15) is 5.26 Å². The molecule has 6 nitrogen and oxygen atoms in total. The minimum Gasteiger partial charge on any atom is -0.484 e. The summed E-state index contributed by atoms with van der Waals surface area (Å²) < 4.78 is 5.57. The van der Waals surface area contributed by atoms with E-state index in [-0.39, 0.29) is 24.5 Å². The van der Waals surface area contributed by atoms with Gasteiger partial charge < -0.3 is 15.4 Å². The first-order valence-electron chi connectivity index (χ1n) is 10.0. The molecule has 4 rings (SSSR count). The number of carbonyl (C=O) groups is 2. The van der Waals surface area contributed by atoms with Gasteiger partial charge in [0, 0.05) is 17.3 Å². The summed E-state index contributed by atoms with van der Waals surface area (Å²) in [5.74, 6) is 0.137. The predicted octanol–water partition coefficient (Wildman–Crippen LogP) is 4.13. The van der Waals surface area contributed by atoms with Crippen LogP contribution in [0.1, 0.15) is 28.8 Å². The van der Waals surface area contributed by atoms with Crippen molar-refractivity contribution in [3.8, 4) is 22.9 Å². The van der Waals surface area contributed by atoms with Crippen LogP contribution in [-0.4, -0.2) is 24.5 Å². The molecule has 0 spiro atoms. The number of amides is 2. The van der Waals surface area contributed by atoms with E-state index < -0.39 is 0 Å². The fourth-order valence-corrected chi connectivity index (χ4v) is 3.06. The molecule has 0 aliphatic heterocycles. The minimum absolute atomic E-state index is 0.128. The first-order valence-corrected chi connectivity index (χ1v) is 10.0. The fourth-order valence-electron chi connectivity index (χ4n) is 3.06. The van der Waals surface area contributed by atoms with Crippen LogP contribution in [0.4, 0.5) is 5.69 Å². The molecule has 3 aromatic rings. The van der Waals surface area contributed by atoms with Gasteiger partial charge in [0.15, 0.2) is 6.61 Å². The highest BCUT2D eigenvalue weighted by atomic mass is 16.5. The number of rotatable bonds is 7. The maximum Gasteiger partial charge on any atom is 0.262 e. The van der Waals surface area contributed by atoms with Crippen molar-refractivity contribution in [3.05, 3.63) is 83.9 Å². The molecule has 0 radical (unpaired) electrons. The van der Waals surface area contributed by atoms with E-state index in [4.69, 9.17) is 10.00 Å². The molecule has 31 heavy (non-hydrogen) atoms. The van der Waals surface area contributed by atoms with E-state index >= 15 is 0 Å². The lowest BCUT2D eigenvalue weighted by molar-refractivity contribution is -0.118. The Morgan fingerprint density at radius 2 is 1.65 bits per heavy atom. The maximum atomic E-state index is 12.2. The Hall–Kier alpha value is -4.11. The summed E-state index contributed by atoms with van der Waals surface area (Å²) in [7, 11) is 0. The van der Waals surface area contributed by atoms with Gasteiger partial charge in [0.05, 0.1) is 11.6 Å². The Kier molecular flexibility index (Phi) is 5.95. The largest absolute Gasteiger partial charge is 0.484 e. The minimum atomic E-state index is -0.309. The van der Waals surface area contributed by atoms with Gasteiger partial charge >= 0.3 is 0 Å². The number of nitriles is 1. The predicted molar refractivity (Wildman–Crippen MR) is 118 cm³/mol. The number of hydrogen-bond acceptors (Lipinski definition) is 4. The molecule has 0 bridgehead atoms. The standard InChI is InChI=1S/C25H21N3O3/c26-15-17-4-6-18(7-5-17)19-8-12-23(13-9-19)31-16-24(29)27-22-3-1-2-20(14-22)25(30)28-21-10-11-21/h1-9,12-14,21H,10-11,16H2,(H,27,29)(H,28,30). The van der Waals surface area contributed by atoms with Crippen LogP contribution < -0.4 is 15.4 Å². The van der Waals surface area contributed by atoms with Gasteiger partial charge in [-0.25, -0.2) is 0 Å². The second-order valence-corrected chi connectivity index (χ2v) is 7.38. The highest BCUT2D eigenvalue weighted by Gasteiger charge is 2.23. The van der Waals surface area contributed by atoms with Gasteiger partial charge in [0.1, 0.15) is 5.75 Å². The summed E-state index contributed by atoms with van der Waals surface area (Å²) in [6.45, 7) is -0.144. The summed E-state index contributed by atoms with van der Waals surface area (Å²) >= 11 is 0. The number of nitrogens with one attached hydrogen (secondary N) is 2. The third kappa shape index (κ3) is 5.49. The van der Waals surface area contributed by atoms with E-state index in [1.165, 1.54) is 0 Å². The lowest BCUT2D eigenvalue weighted by atomic mass is 10.0. The van der Waals surface area contributed by atoms with Gasteiger partial charge in [-0.1, -0.05) is 30.3 Å². The van der Waals surface area contributed by atoms with Crippen LogP contribution >= 0.6 is 0 Å². The molecule has 0 unspecified atom stereocenters. The molecule has 0 aromatic heterocycles. The molecule has 154 valence electrons. The molecule has 0 heterocycles. The number of benzene rings is 3. The van der Waals surface area contributed by atoms with Crippen molar-refractivity contribution in [2.24, 2.45) is 0 Å². The van der Waals surface area contributed by atoms with E-state index in [1.807, 2.05) is 24.3 Å². The van der Waals surface area contributed by atoms with Crippen molar-refractivity contribution in [2.75, 3.05) is 11.9 Å². The molecule has 2 amide bonds. The van der Waals surface area contributed by atoms with Crippen LogP contribution in [0.15, 0.2) is 72.8 Å². The van der Waals surface area contributed by atoms with Crippen LogP contribution in [0.2, 0.25) is 0 Å². The number of nitrogens with zero attached hydrogens (tertiary/aromatic N) is 1. The smallest absolute Gasteiger partial charge is 0.262 e. The van der Waals surface area contributed by atoms with Gasteiger partial charge in [-0.3, -0.25) is 9.59 Å². The van der Waals surface area contributed by atoms with Gasteiger partial charge in [-0.15, -0.1) is 0 Å². The highest BCUT2D eigenvalue weighted by molar-refractivity contribution is 5.97. The van der Waals surface area contributed by atoms with Crippen molar-refractivity contribution in [1.82, 2.24) is 5.32 Å². The average molecular weight is 411 g/mol. The number of anilines is 1. The summed E-state index contributed by atoms with van der Waals surface area (Å²) in [4.78, 5) is 24.4. The number of ether oxygens (including phenoxy) is 1. The van der Waals surface area contributed by atoms with Gasteiger partial charge in [0.2, 0.25) is 0 Å². The Balaban J connectivity index is 1.30.